The van der Waals surface area contributed by atoms with Gasteiger partial charge in [-0.15, -0.1) is 0 Å². The molecule has 376 valence electrons. The number of anilines is 2. The van der Waals surface area contributed by atoms with Gasteiger partial charge in [-0.1, -0.05) is 193 Å². The average Bonchev–Trinajstić information content (AvgIpc) is 4.03. The Hall–Kier alpha value is -7.37. The molecule has 74 heavy (non-hydrogen) atoms. The van der Waals surface area contributed by atoms with Gasteiger partial charge in [0, 0.05) is 63.7 Å². The first kappa shape index (κ1) is 50.2. The minimum atomic E-state index is -0.393. The first-order chi connectivity index (χ1) is 35.3. The molecule has 0 saturated carbocycles. The summed E-state index contributed by atoms with van der Waals surface area (Å²) in [4.78, 5) is 9.88. The molecule has 5 heteroatoms. The van der Waals surface area contributed by atoms with Gasteiger partial charge in [-0.3, -0.25) is 4.57 Å². The molecule has 0 spiro atoms. The Morgan fingerprint density at radius 3 is 1.70 bits per heavy atom. The molecular formula is C69H74N4O. The van der Waals surface area contributed by atoms with Crippen LogP contribution in [0.4, 0.5) is 11.4 Å². The minimum Gasteiger partial charge on any atom is -0.457 e. The van der Waals surface area contributed by atoms with Crippen LogP contribution in [0.15, 0.2) is 182 Å². The summed E-state index contributed by atoms with van der Waals surface area (Å²) in [6.45, 7) is 30.7. The van der Waals surface area contributed by atoms with E-state index in [4.69, 9.17) is 9.72 Å². The lowest BCUT2D eigenvalue weighted by Gasteiger charge is -2.29. The quantitative estimate of drug-likeness (QED) is 0.115. The molecule has 1 aliphatic rings. The number of benzene rings is 7. The maximum Gasteiger partial charge on any atom is 0.138 e. The number of para-hydroxylation sites is 1. The lowest BCUT2D eigenvalue weighted by atomic mass is 9.76. The maximum absolute atomic E-state index is 7.30. The van der Waals surface area contributed by atoms with Crippen molar-refractivity contribution in [2.24, 2.45) is 0 Å². The number of hydrogen-bond acceptors (Lipinski definition) is 4. The molecule has 0 bridgehead atoms. The molecule has 0 N–H and O–H groups in total. The Labute approximate surface area is 441 Å². The standard InChI is InChI=1S/C69H74N4O/c1-45(2)49-35-59(46(3)4)65(60(36-49)47(5)6)48-31-32-70-64(37-48)73-62-30-21-20-29-58(62)66-61(69(12,13)51-25-18-15-19-26-51)42-57(43-63(66)73)74-56-40-53(67(7,8)9)39-55(41-56)72-34-33-71(44-72)54-28-22-27-52(38-54)68(10,11)50-23-16-14-17-24-50/h14-43,45-47H,44H2,1-13H3. The molecule has 9 aromatic rings. The van der Waals surface area contributed by atoms with Crippen LogP contribution in [0, 0.1) is 0 Å². The van der Waals surface area contributed by atoms with E-state index in [1.807, 2.05) is 6.20 Å². The number of fused-ring (bicyclic) bond motifs is 3. The zero-order chi connectivity index (χ0) is 52.3. The van der Waals surface area contributed by atoms with Crippen LogP contribution in [0.25, 0.3) is 38.8 Å². The van der Waals surface area contributed by atoms with Crippen molar-refractivity contribution >= 4 is 33.2 Å². The Morgan fingerprint density at radius 1 is 0.486 bits per heavy atom. The molecule has 7 aromatic carbocycles. The Morgan fingerprint density at radius 2 is 1.07 bits per heavy atom. The summed E-state index contributed by atoms with van der Waals surface area (Å²) in [6.07, 6.45) is 6.39. The van der Waals surface area contributed by atoms with Crippen molar-refractivity contribution in [1.82, 2.24) is 9.55 Å². The molecule has 1 aliphatic heterocycles. The van der Waals surface area contributed by atoms with Crippen LogP contribution in [0.5, 0.6) is 11.5 Å². The third kappa shape index (κ3) is 9.42. The third-order valence-electron chi connectivity index (χ3n) is 15.8. The first-order valence-electron chi connectivity index (χ1n) is 26.8. The number of rotatable bonds is 13. The third-order valence-corrected chi connectivity index (χ3v) is 15.8. The van der Waals surface area contributed by atoms with Gasteiger partial charge in [0.15, 0.2) is 0 Å². The van der Waals surface area contributed by atoms with Crippen LogP contribution in [0.2, 0.25) is 0 Å². The van der Waals surface area contributed by atoms with E-state index in [1.165, 1.54) is 66.4 Å². The molecule has 0 unspecified atom stereocenters. The molecule has 10 rings (SSSR count). The van der Waals surface area contributed by atoms with Crippen molar-refractivity contribution in [2.45, 2.75) is 124 Å². The van der Waals surface area contributed by atoms with E-state index in [0.29, 0.717) is 24.4 Å². The van der Waals surface area contributed by atoms with Gasteiger partial charge in [0.1, 0.15) is 17.3 Å². The Balaban J connectivity index is 1.10. The summed E-state index contributed by atoms with van der Waals surface area (Å²) in [6, 6.07) is 60.2. The zero-order valence-corrected chi connectivity index (χ0v) is 46.0. The molecule has 0 aliphatic carbocycles. The highest BCUT2D eigenvalue weighted by Gasteiger charge is 2.31. The van der Waals surface area contributed by atoms with E-state index < -0.39 is 5.41 Å². The highest BCUT2D eigenvalue weighted by Crippen LogP contribution is 2.46. The van der Waals surface area contributed by atoms with Crippen molar-refractivity contribution in [3.63, 3.8) is 0 Å². The van der Waals surface area contributed by atoms with Crippen molar-refractivity contribution in [2.75, 3.05) is 16.5 Å². The fourth-order valence-electron chi connectivity index (χ4n) is 11.1. The predicted octanol–water partition coefficient (Wildman–Crippen LogP) is 18.7. The molecule has 2 aromatic heterocycles. The summed E-state index contributed by atoms with van der Waals surface area (Å²) in [5.41, 5.74) is 16.6. The van der Waals surface area contributed by atoms with E-state index in [2.05, 4.69) is 281 Å². The van der Waals surface area contributed by atoms with Gasteiger partial charge in [-0.25, -0.2) is 4.98 Å². The molecule has 5 nitrogen and oxygen atoms in total. The molecule has 0 fully saturated rings. The number of pyridine rings is 1. The van der Waals surface area contributed by atoms with Gasteiger partial charge in [0.05, 0.1) is 17.7 Å². The number of aromatic nitrogens is 2. The molecular weight excluding hydrogens is 901 g/mol. The van der Waals surface area contributed by atoms with Crippen LogP contribution in [-0.2, 0) is 16.2 Å². The number of hydrogen-bond donors (Lipinski definition) is 0. The van der Waals surface area contributed by atoms with Gasteiger partial charge in [-0.05, 0) is 127 Å². The van der Waals surface area contributed by atoms with Crippen LogP contribution >= 0.6 is 0 Å². The van der Waals surface area contributed by atoms with E-state index in [1.54, 1.807) is 0 Å². The van der Waals surface area contributed by atoms with Crippen LogP contribution in [0.3, 0.4) is 0 Å². The summed E-state index contributed by atoms with van der Waals surface area (Å²) >= 11 is 0. The van der Waals surface area contributed by atoms with Gasteiger partial charge in [0.25, 0.3) is 0 Å². The second-order valence-corrected chi connectivity index (χ2v) is 23.6. The summed E-state index contributed by atoms with van der Waals surface area (Å²) < 4.78 is 9.67. The molecule has 0 radical (unpaired) electrons. The van der Waals surface area contributed by atoms with Crippen molar-refractivity contribution in [1.29, 1.82) is 0 Å². The monoisotopic (exact) mass is 975 g/mol. The normalized spacial score (nSPS) is 13.4. The van der Waals surface area contributed by atoms with Crippen molar-refractivity contribution in [3.8, 4) is 28.4 Å². The molecule has 0 saturated heterocycles. The lowest BCUT2D eigenvalue weighted by molar-refractivity contribution is 0.477. The van der Waals surface area contributed by atoms with E-state index >= 15 is 0 Å². The highest BCUT2D eigenvalue weighted by atomic mass is 16.5. The Bertz CT molecular complexity index is 3500. The van der Waals surface area contributed by atoms with Crippen LogP contribution in [-0.4, -0.2) is 16.2 Å². The molecule has 3 heterocycles. The van der Waals surface area contributed by atoms with Crippen LogP contribution < -0.4 is 14.5 Å². The highest BCUT2D eigenvalue weighted by molar-refractivity contribution is 6.12. The average molecular weight is 975 g/mol. The van der Waals surface area contributed by atoms with E-state index in [0.717, 1.165) is 39.7 Å². The Kier molecular flexibility index (Phi) is 13.2. The van der Waals surface area contributed by atoms with Crippen LogP contribution in [0.1, 0.15) is 152 Å². The van der Waals surface area contributed by atoms with E-state index in [-0.39, 0.29) is 10.8 Å². The second kappa shape index (κ2) is 19.5. The summed E-state index contributed by atoms with van der Waals surface area (Å²) in [5, 5.41) is 2.38. The van der Waals surface area contributed by atoms with Crippen molar-refractivity contribution < 1.29 is 4.74 Å². The fraction of sp³-hybridized carbons (Fsp3) is 0.290. The van der Waals surface area contributed by atoms with Crippen molar-refractivity contribution in [3.05, 3.63) is 227 Å². The smallest absolute Gasteiger partial charge is 0.138 e. The zero-order valence-electron chi connectivity index (χ0n) is 46.0. The molecule has 0 atom stereocenters. The van der Waals surface area contributed by atoms with Gasteiger partial charge in [0.2, 0.25) is 0 Å². The predicted molar refractivity (Wildman–Crippen MR) is 314 cm³/mol. The first-order valence-corrected chi connectivity index (χ1v) is 26.8. The molecule has 0 amide bonds. The maximum atomic E-state index is 7.30. The minimum absolute atomic E-state index is 0.137. The van der Waals surface area contributed by atoms with E-state index in [9.17, 15) is 0 Å². The van der Waals surface area contributed by atoms with Gasteiger partial charge >= 0.3 is 0 Å². The van der Waals surface area contributed by atoms with Gasteiger partial charge < -0.3 is 14.5 Å². The topological polar surface area (TPSA) is 33.5 Å². The number of nitrogens with zero attached hydrogens (tertiary/aromatic N) is 4. The number of ether oxygens (including phenoxy) is 1. The van der Waals surface area contributed by atoms with Gasteiger partial charge in [-0.2, -0.15) is 0 Å². The fourth-order valence-corrected chi connectivity index (χ4v) is 11.1. The SMILES string of the molecule is CC(C)c1cc(C(C)C)c(-c2ccnc(-n3c4ccccc4c4c(C(C)(C)c5ccccc5)cc(Oc5cc(N6C=CN(c7cccc(C(C)(C)c8ccccc8)c7)C6)cc(C(C)(C)C)c5)cc43)c2)c(C(C)C)c1. The second-order valence-electron chi connectivity index (χ2n) is 23.6. The summed E-state index contributed by atoms with van der Waals surface area (Å²) in [7, 11) is 0. The largest absolute Gasteiger partial charge is 0.457 e. The lowest BCUT2D eigenvalue weighted by Crippen LogP contribution is -2.26. The summed E-state index contributed by atoms with van der Waals surface area (Å²) in [5.74, 6) is 3.58.